The molecule has 0 aliphatic rings. The lowest BCUT2D eigenvalue weighted by atomic mass is 10.4. The molecule has 0 N–H and O–H groups in total. The largest absolute Gasteiger partial charge is 0.317 e. The fourth-order valence-electron chi connectivity index (χ4n) is 1.03. The Morgan fingerprint density at radius 3 is 2.45 bits per heavy atom. The molecule has 0 bridgehead atoms. The number of nitrogens with zero attached hydrogens (tertiary/aromatic N) is 3. The Morgan fingerprint density at radius 1 is 1.55 bits per heavy atom. The number of alkyl halides is 1. The number of aryl methyl sites for hydroxylation is 1. The zero-order chi connectivity index (χ0) is 8.43. The third-order valence-corrected chi connectivity index (χ3v) is 1.87. The van der Waals surface area contributed by atoms with Crippen LogP contribution in [-0.2, 0) is 13.5 Å². The van der Waals surface area contributed by atoms with Gasteiger partial charge in [-0.3, -0.25) is 0 Å². The highest BCUT2D eigenvalue weighted by molar-refractivity contribution is 6.20. The van der Waals surface area contributed by atoms with E-state index in [1.165, 1.54) is 0 Å². The average Bonchev–Trinajstić information content (AvgIpc) is 2.30. The van der Waals surface area contributed by atoms with Crippen LogP contribution in [0.15, 0.2) is 0 Å². The monoisotopic (exact) mass is 173 g/mol. The van der Waals surface area contributed by atoms with Crippen molar-refractivity contribution >= 4 is 11.6 Å². The summed E-state index contributed by atoms with van der Waals surface area (Å²) in [6, 6.07) is 0. The molecule has 0 aliphatic heterocycles. The molecule has 0 saturated heterocycles. The Kier molecular flexibility index (Phi) is 2.49. The minimum atomic E-state index is -0.0622. The van der Waals surface area contributed by atoms with Crippen LogP contribution in [0.2, 0.25) is 0 Å². The molecule has 0 aromatic carbocycles. The zero-order valence-electron chi connectivity index (χ0n) is 7.00. The summed E-state index contributed by atoms with van der Waals surface area (Å²) in [5.74, 6) is 1.82. The van der Waals surface area contributed by atoms with Crippen LogP contribution < -0.4 is 0 Å². The van der Waals surface area contributed by atoms with Gasteiger partial charge in [-0.05, 0) is 6.92 Å². The summed E-state index contributed by atoms with van der Waals surface area (Å²) in [4.78, 5) is 0. The highest BCUT2D eigenvalue weighted by atomic mass is 35.5. The van der Waals surface area contributed by atoms with Crippen molar-refractivity contribution < 1.29 is 0 Å². The summed E-state index contributed by atoms with van der Waals surface area (Å²) in [5, 5.41) is 7.89. The van der Waals surface area contributed by atoms with E-state index in [4.69, 9.17) is 11.6 Å². The lowest BCUT2D eigenvalue weighted by molar-refractivity contribution is 0.751. The van der Waals surface area contributed by atoms with Gasteiger partial charge in [0.2, 0.25) is 0 Å². The van der Waals surface area contributed by atoms with Gasteiger partial charge in [-0.15, -0.1) is 21.8 Å². The number of aromatic nitrogens is 3. The molecule has 11 heavy (non-hydrogen) atoms. The van der Waals surface area contributed by atoms with Crippen molar-refractivity contribution in [2.45, 2.75) is 25.6 Å². The van der Waals surface area contributed by atoms with Crippen LogP contribution in [0.5, 0.6) is 0 Å². The van der Waals surface area contributed by atoms with Crippen LogP contribution in [0.3, 0.4) is 0 Å². The van der Waals surface area contributed by atoms with Crippen LogP contribution in [0.25, 0.3) is 0 Å². The lowest BCUT2D eigenvalue weighted by Crippen LogP contribution is -2.01. The second-order valence-electron chi connectivity index (χ2n) is 2.50. The van der Waals surface area contributed by atoms with Gasteiger partial charge in [0.05, 0.1) is 5.38 Å². The summed E-state index contributed by atoms with van der Waals surface area (Å²) in [6.07, 6.45) is 0.896. The standard InChI is InChI=1S/C7H12ClN3/c1-4-6-9-10-7(5(2)8)11(6)3/h5H,4H2,1-3H3. The van der Waals surface area contributed by atoms with Crippen molar-refractivity contribution in [1.82, 2.24) is 14.8 Å². The predicted molar refractivity (Wildman–Crippen MR) is 44.6 cm³/mol. The first-order valence-electron chi connectivity index (χ1n) is 3.69. The van der Waals surface area contributed by atoms with E-state index < -0.39 is 0 Å². The SMILES string of the molecule is CCc1nnc(C(C)Cl)n1C. The Labute approximate surface area is 71.4 Å². The summed E-state index contributed by atoms with van der Waals surface area (Å²) in [6.45, 7) is 3.94. The average molecular weight is 174 g/mol. The molecule has 0 aliphatic carbocycles. The van der Waals surface area contributed by atoms with E-state index in [-0.39, 0.29) is 5.38 Å². The molecule has 3 nitrogen and oxygen atoms in total. The van der Waals surface area contributed by atoms with Gasteiger partial charge in [0.25, 0.3) is 0 Å². The molecule has 1 aromatic rings. The molecule has 0 radical (unpaired) electrons. The third kappa shape index (κ3) is 1.53. The van der Waals surface area contributed by atoms with Gasteiger partial charge in [0.1, 0.15) is 5.82 Å². The maximum absolute atomic E-state index is 5.86. The van der Waals surface area contributed by atoms with Crippen molar-refractivity contribution in [2.75, 3.05) is 0 Å². The second kappa shape index (κ2) is 3.22. The van der Waals surface area contributed by atoms with E-state index in [1.807, 2.05) is 25.5 Å². The quantitative estimate of drug-likeness (QED) is 0.638. The first kappa shape index (κ1) is 8.53. The molecule has 0 saturated carbocycles. The van der Waals surface area contributed by atoms with Crippen molar-refractivity contribution in [1.29, 1.82) is 0 Å². The zero-order valence-corrected chi connectivity index (χ0v) is 7.76. The summed E-state index contributed by atoms with van der Waals surface area (Å²) in [7, 11) is 1.94. The van der Waals surface area contributed by atoms with Crippen molar-refractivity contribution in [3.8, 4) is 0 Å². The third-order valence-electron chi connectivity index (χ3n) is 1.67. The van der Waals surface area contributed by atoms with Crippen LogP contribution >= 0.6 is 11.6 Å². The predicted octanol–water partition coefficient (Wildman–Crippen LogP) is 1.68. The van der Waals surface area contributed by atoms with Gasteiger partial charge in [0, 0.05) is 13.5 Å². The van der Waals surface area contributed by atoms with Gasteiger partial charge >= 0.3 is 0 Å². The highest BCUT2D eigenvalue weighted by Gasteiger charge is 2.10. The van der Waals surface area contributed by atoms with Crippen LogP contribution in [0, 0.1) is 0 Å². The Hall–Kier alpha value is -0.570. The number of halogens is 1. The molecule has 0 fully saturated rings. The van der Waals surface area contributed by atoms with Gasteiger partial charge in [-0.2, -0.15) is 0 Å². The number of hydrogen-bond donors (Lipinski definition) is 0. The van der Waals surface area contributed by atoms with Gasteiger partial charge in [0.15, 0.2) is 5.82 Å². The number of rotatable bonds is 2. The van der Waals surface area contributed by atoms with Crippen LogP contribution in [0.1, 0.15) is 30.9 Å². The van der Waals surface area contributed by atoms with Crippen LogP contribution in [0.4, 0.5) is 0 Å². The fourth-order valence-corrected chi connectivity index (χ4v) is 1.22. The molecular formula is C7H12ClN3. The summed E-state index contributed by atoms with van der Waals surface area (Å²) >= 11 is 5.86. The Balaban J connectivity index is 3.00. The van der Waals surface area contributed by atoms with Gasteiger partial charge in [-0.1, -0.05) is 6.92 Å². The van der Waals surface area contributed by atoms with Gasteiger partial charge < -0.3 is 4.57 Å². The minimum Gasteiger partial charge on any atom is -0.317 e. The molecule has 1 rings (SSSR count). The topological polar surface area (TPSA) is 30.7 Å². The Bertz CT molecular complexity index is 242. The first-order chi connectivity index (χ1) is 5.16. The molecule has 1 aromatic heterocycles. The molecule has 4 heteroatoms. The molecule has 62 valence electrons. The second-order valence-corrected chi connectivity index (χ2v) is 3.16. The van der Waals surface area contributed by atoms with E-state index in [1.54, 1.807) is 0 Å². The van der Waals surface area contributed by atoms with Crippen LogP contribution in [-0.4, -0.2) is 14.8 Å². The van der Waals surface area contributed by atoms with Gasteiger partial charge in [-0.25, -0.2) is 0 Å². The van der Waals surface area contributed by atoms with E-state index in [2.05, 4.69) is 10.2 Å². The molecule has 1 atom stereocenters. The van der Waals surface area contributed by atoms with E-state index >= 15 is 0 Å². The fraction of sp³-hybridized carbons (Fsp3) is 0.714. The minimum absolute atomic E-state index is 0.0622. The number of hydrogen-bond acceptors (Lipinski definition) is 2. The first-order valence-corrected chi connectivity index (χ1v) is 4.12. The van der Waals surface area contributed by atoms with Crippen molar-refractivity contribution in [3.63, 3.8) is 0 Å². The molecule has 0 spiro atoms. The van der Waals surface area contributed by atoms with E-state index in [0.29, 0.717) is 0 Å². The molecule has 1 heterocycles. The highest BCUT2D eigenvalue weighted by Crippen LogP contribution is 2.16. The molecular weight excluding hydrogens is 162 g/mol. The maximum Gasteiger partial charge on any atom is 0.150 e. The van der Waals surface area contributed by atoms with E-state index in [9.17, 15) is 0 Å². The normalized spacial score (nSPS) is 13.5. The smallest absolute Gasteiger partial charge is 0.150 e. The van der Waals surface area contributed by atoms with Crippen molar-refractivity contribution in [3.05, 3.63) is 11.6 Å². The lowest BCUT2D eigenvalue weighted by Gasteiger charge is -2.02. The van der Waals surface area contributed by atoms with E-state index in [0.717, 1.165) is 18.1 Å². The Morgan fingerprint density at radius 2 is 2.18 bits per heavy atom. The summed E-state index contributed by atoms with van der Waals surface area (Å²) < 4.78 is 1.94. The molecule has 1 unspecified atom stereocenters. The van der Waals surface area contributed by atoms with Crippen molar-refractivity contribution in [2.24, 2.45) is 7.05 Å². The molecule has 0 amide bonds. The summed E-state index contributed by atoms with van der Waals surface area (Å²) in [5.41, 5.74) is 0. The maximum atomic E-state index is 5.86.